The molecule has 0 saturated heterocycles. The summed E-state index contributed by atoms with van der Waals surface area (Å²) in [4.78, 5) is 0.157. The number of ether oxygens (including phenoxy) is 3. The van der Waals surface area contributed by atoms with E-state index < -0.39 is 10.0 Å². The van der Waals surface area contributed by atoms with Crippen molar-refractivity contribution in [3.8, 4) is 17.2 Å². The molecule has 134 valence electrons. The van der Waals surface area contributed by atoms with Crippen molar-refractivity contribution in [1.29, 1.82) is 0 Å². The van der Waals surface area contributed by atoms with Gasteiger partial charge in [0, 0.05) is 12.6 Å². The van der Waals surface area contributed by atoms with Gasteiger partial charge in [0.15, 0.2) is 11.5 Å². The number of nitrogens with zero attached hydrogens (tertiary/aromatic N) is 1. The van der Waals surface area contributed by atoms with E-state index in [1.807, 2.05) is 13.0 Å². The Balaban J connectivity index is 2.03. The van der Waals surface area contributed by atoms with Gasteiger partial charge in [-0.3, -0.25) is 4.31 Å². The molecule has 0 amide bonds. The minimum Gasteiger partial charge on any atom is -0.492 e. The molecule has 2 aromatic carbocycles. The van der Waals surface area contributed by atoms with Gasteiger partial charge in [0.25, 0.3) is 10.0 Å². The van der Waals surface area contributed by atoms with Crippen molar-refractivity contribution in [3.05, 3.63) is 42.5 Å². The zero-order valence-corrected chi connectivity index (χ0v) is 15.1. The molecule has 7 heteroatoms. The minimum atomic E-state index is -3.76. The fraction of sp³-hybridized carbons (Fsp3) is 0.333. The van der Waals surface area contributed by atoms with Gasteiger partial charge in [-0.25, -0.2) is 8.42 Å². The first-order valence-electron chi connectivity index (χ1n) is 8.22. The Morgan fingerprint density at radius 2 is 1.76 bits per heavy atom. The van der Waals surface area contributed by atoms with Crippen LogP contribution in [0.5, 0.6) is 17.2 Å². The highest BCUT2D eigenvalue weighted by Crippen LogP contribution is 2.36. The molecule has 0 spiro atoms. The molecule has 1 aliphatic heterocycles. The Morgan fingerprint density at radius 1 is 1.04 bits per heavy atom. The van der Waals surface area contributed by atoms with Crippen LogP contribution >= 0.6 is 0 Å². The first-order chi connectivity index (χ1) is 12.1. The molecule has 1 aliphatic rings. The molecule has 25 heavy (non-hydrogen) atoms. The van der Waals surface area contributed by atoms with Gasteiger partial charge in [0.05, 0.1) is 17.2 Å². The second-order valence-corrected chi connectivity index (χ2v) is 7.24. The van der Waals surface area contributed by atoms with Gasteiger partial charge in [-0.15, -0.1) is 0 Å². The number of anilines is 1. The maximum Gasteiger partial charge on any atom is 0.264 e. The van der Waals surface area contributed by atoms with Crippen molar-refractivity contribution in [2.75, 3.05) is 30.7 Å². The number of sulfonamides is 1. The third kappa shape index (κ3) is 3.37. The molecule has 0 fully saturated rings. The third-order valence-electron chi connectivity index (χ3n) is 3.82. The van der Waals surface area contributed by atoms with E-state index in [4.69, 9.17) is 14.2 Å². The van der Waals surface area contributed by atoms with Gasteiger partial charge in [0.2, 0.25) is 0 Å². The number of fused-ring (bicyclic) bond motifs is 1. The average Bonchev–Trinajstić information content (AvgIpc) is 2.63. The standard InChI is InChI=1S/C18H21NO5S/c1-3-19(15-7-5-6-8-16(15)22-4-2)25(20,21)14-9-10-17-18(13-14)24-12-11-23-17/h5-10,13H,3-4,11-12H2,1-2H3. The van der Waals surface area contributed by atoms with Crippen LogP contribution in [0.25, 0.3) is 0 Å². The zero-order chi connectivity index (χ0) is 17.9. The normalized spacial score (nSPS) is 13.4. The molecular weight excluding hydrogens is 342 g/mol. The molecule has 1 heterocycles. The Hall–Kier alpha value is -2.41. The van der Waals surface area contributed by atoms with Crippen LogP contribution in [-0.2, 0) is 10.0 Å². The summed E-state index contributed by atoms with van der Waals surface area (Å²) >= 11 is 0. The maximum absolute atomic E-state index is 13.2. The topological polar surface area (TPSA) is 65.1 Å². The van der Waals surface area contributed by atoms with Gasteiger partial charge in [-0.2, -0.15) is 0 Å². The smallest absolute Gasteiger partial charge is 0.264 e. The Labute approximate surface area is 148 Å². The Morgan fingerprint density at radius 3 is 2.48 bits per heavy atom. The molecule has 0 saturated carbocycles. The number of hydrogen-bond acceptors (Lipinski definition) is 5. The van der Waals surface area contributed by atoms with Crippen molar-refractivity contribution in [3.63, 3.8) is 0 Å². The highest BCUT2D eigenvalue weighted by Gasteiger charge is 2.27. The van der Waals surface area contributed by atoms with E-state index in [1.165, 1.54) is 16.4 Å². The molecule has 0 aromatic heterocycles. The van der Waals surface area contributed by atoms with Crippen molar-refractivity contribution < 1.29 is 22.6 Å². The van der Waals surface area contributed by atoms with Gasteiger partial charge in [-0.1, -0.05) is 12.1 Å². The molecule has 2 aromatic rings. The summed E-state index contributed by atoms with van der Waals surface area (Å²) in [5.74, 6) is 1.54. The number of benzene rings is 2. The lowest BCUT2D eigenvalue weighted by molar-refractivity contribution is 0.171. The predicted molar refractivity (Wildman–Crippen MR) is 95.2 cm³/mol. The lowest BCUT2D eigenvalue weighted by atomic mass is 10.3. The summed E-state index contributed by atoms with van der Waals surface area (Å²) in [6.45, 7) is 5.25. The molecule has 6 nitrogen and oxygen atoms in total. The molecule has 0 atom stereocenters. The van der Waals surface area contributed by atoms with Crippen LogP contribution in [0.1, 0.15) is 13.8 Å². The zero-order valence-electron chi connectivity index (χ0n) is 14.3. The van der Waals surface area contributed by atoms with Crippen LogP contribution in [0.2, 0.25) is 0 Å². The largest absolute Gasteiger partial charge is 0.492 e. The van der Waals surface area contributed by atoms with Crippen molar-refractivity contribution in [2.45, 2.75) is 18.7 Å². The van der Waals surface area contributed by atoms with Crippen molar-refractivity contribution >= 4 is 15.7 Å². The summed E-state index contributed by atoms with van der Waals surface area (Å²) in [5, 5.41) is 0. The minimum absolute atomic E-state index is 0.157. The summed E-state index contributed by atoms with van der Waals surface area (Å²) in [5.41, 5.74) is 0.515. The fourth-order valence-corrected chi connectivity index (χ4v) is 4.22. The highest BCUT2D eigenvalue weighted by atomic mass is 32.2. The van der Waals surface area contributed by atoms with Gasteiger partial charge >= 0.3 is 0 Å². The molecule has 0 N–H and O–H groups in total. The first-order valence-corrected chi connectivity index (χ1v) is 9.66. The number of rotatable bonds is 6. The Bertz CT molecular complexity index is 850. The van der Waals surface area contributed by atoms with Crippen LogP contribution in [0.15, 0.2) is 47.4 Å². The molecule has 0 unspecified atom stereocenters. The monoisotopic (exact) mass is 363 g/mol. The van der Waals surface area contributed by atoms with Crippen molar-refractivity contribution in [1.82, 2.24) is 0 Å². The highest BCUT2D eigenvalue weighted by molar-refractivity contribution is 7.92. The van der Waals surface area contributed by atoms with Gasteiger partial charge in [0.1, 0.15) is 19.0 Å². The quantitative estimate of drug-likeness (QED) is 0.789. The lowest BCUT2D eigenvalue weighted by Crippen LogP contribution is -2.31. The molecule has 0 radical (unpaired) electrons. The SMILES string of the molecule is CCOc1ccccc1N(CC)S(=O)(=O)c1ccc2c(c1)OCCO2. The van der Waals surface area contributed by atoms with Crippen LogP contribution in [0.4, 0.5) is 5.69 Å². The predicted octanol–water partition coefficient (Wildman–Crippen LogP) is 3.07. The fourth-order valence-electron chi connectivity index (χ4n) is 2.72. The third-order valence-corrected chi connectivity index (χ3v) is 5.71. The van der Waals surface area contributed by atoms with Gasteiger partial charge < -0.3 is 14.2 Å². The Kier molecular flexibility index (Phi) is 5.03. The summed E-state index contributed by atoms with van der Waals surface area (Å²) in [6.07, 6.45) is 0. The van der Waals surface area contributed by atoms with Crippen molar-refractivity contribution in [2.24, 2.45) is 0 Å². The number of para-hydroxylation sites is 2. The van der Waals surface area contributed by atoms with E-state index in [0.717, 1.165) is 0 Å². The van der Waals surface area contributed by atoms with E-state index in [2.05, 4.69) is 0 Å². The van der Waals surface area contributed by atoms with E-state index in [-0.39, 0.29) is 11.4 Å². The summed E-state index contributed by atoms with van der Waals surface area (Å²) < 4.78 is 44.3. The molecule has 0 aliphatic carbocycles. The van der Waals surface area contributed by atoms with Crippen LogP contribution in [-0.4, -0.2) is 34.8 Å². The van der Waals surface area contributed by atoms with E-state index in [1.54, 1.807) is 31.2 Å². The molecule has 0 bridgehead atoms. The van der Waals surface area contributed by atoms with E-state index in [9.17, 15) is 8.42 Å². The second-order valence-electron chi connectivity index (χ2n) is 5.38. The second kappa shape index (κ2) is 7.23. The lowest BCUT2D eigenvalue weighted by Gasteiger charge is -2.26. The molecule has 3 rings (SSSR count). The summed E-state index contributed by atoms with van der Waals surface area (Å²) in [6, 6.07) is 11.8. The number of hydrogen-bond donors (Lipinski definition) is 0. The van der Waals surface area contributed by atoms with Crippen LogP contribution in [0.3, 0.4) is 0 Å². The maximum atomic E-state index is 13.2. The summed E-state index contributed by atoms with van der Waals surface area (Å²) in [7, 11) is -3.76. The average molecular weight is 363 g/mol. The molecular formula is C18H21NO5S. The van der Waals surface area contributed by atoms with E-state index >= 15 is 0 Å². The van der Waals surface area contributed by atoms with E-state index in [0.29, 0.717) is 42.8 Å². The van der Waals surface area contributed by atoms with Crippen LogP contribution in [0, 0.1) is 0 Å². The van der Waals surface area contributed by atoms with Crippen LogP contribution < -0.4 is 18.5 Å². The first kappa shape index (κ1) is 17.4. The van der Waals surface area contributed by atoms with Gasteiger partial charge in [-0.05, 0) is 38.1 Å².